The molecule has 1 aliphatic rings. The van der Waals surface area contributed by atoms with Gasteiger partial charge in [-0.05, 0) is 20.8 Å². The van der Waals surface area contributed by atoms with Crippen molar-refractivity contribution in [2.45, 2.75) is 26.8 Å². The van der Waals surface area contributed by atoms with Gasteiger partial charge >= 0.3 is 5.97 Å². The van der Waals surface area contributed by atoms with Crippen molar-refractivity contribution in [2.24, 2.45) is 4.99 Å². The lowest BCUT2D eigenvalue weighted by atomic mass is 10.2. The molecular weight excluding hydrogens is 184 g/mol. The number of rotatable bonds is 2. The van der Waals surface area contributed by atoms with Gasteiger partial charge in [0.05, 0.1) is 12.3 Å². The molecule has 1 N–H and O–H groups in total. The van der Waals surface area contributed by atoms with Crippen LogP contribution in [0.25, 0.3) is 0 Å². The van der Waals surface area contributed by atoms with Gasteiger partial charge in [0.25, 0.3) is 0 Å². The first-order valence-electron chi connectivity index (χ1n) is 4.42. The van der Waals surface area contributed by atoms with Crippen LogP contribution in [0.2, 0.25) is 0 Å². The van der Waals surface area contributed by atoms with Crippen molar-refractivity contribution >= 4 is 11.9 Å². The molecule has 1 aliphatic heterocycles. The molecule has 14 heavy (non-hydrogen) atoms. The summed E-state index contributed by atoms with van der Waals surface area (Å²) in [7, 11) is 0. The van der Waals surface area contributed by atoms with Crippen molar-refractivity contribution in [1.82, 2.24) is 5.32 Å². The highest BCUT2D eigenvalue weighted by Gasteiger charge is 2.24. The summed E-state index contributed by atoms with van der Waals surface area (Å²) in [5.74, 6) is -0.703. The summed E-state index contributed by atoms with van der Waals surface area (Å²) >= 11 is 0. The zero-order valence-corrected chi connectivity index (χ0v) is 8.44. The summed E-state index contributed by atoms with van der Waals surface area (Å²) in [4.78, 5) is 15.0. The Hall–Kier alpha value is -1.52. The Morgan fingerprint density at radius 1 is 1.64 bits per heavy atom. The van der Waals surface area contributed by atoms with Gasteiger partial charge in [-0.1, -0.05) is 0 Å². The normalized spacial score (nSPS) is 21.4. The number of ether oxygens (including phenoxy) is 1. The molecule has 1 rings (SSSR count). The maximum absolute atomic E-state index is 11.3. The highest BCUT2D eigenvalue weighted by molar-refractivity contribution is 5.94. The molecule has 5 nitrogen and oxygen atoms in total. The molecule has 1 radical (unpaired) electrons. The second kappa shape index (κ2) is 4.13. The first-order chi connectivity index (χ1) is 6.56. The van der Waals surface area contributed by atoms with Gasteiger partial charge in [0.2, 0.25) is 5.90 Å². The molecule has 5 heteroatoms. The summed E-state index contributed by atoms with van der Waals surface area (Å²) in [6.45, 7) is 5.35. The minimum absolute atomic E-state index is 0.0856. The summed E-state index contributed by atoms with van der Waals surface area (Å²) in [5.41, 5.74) is 0.580. The van der Waals surface area contributed by atoms with Crippen LogP contribution in [0.3, 0.4) is 0 Å². The molecular formula is C9H13N2O3. The minimum atomic E-state index is -0.549. The van der Waals surface area contributed by atoms with Crippen molar-refractivity contribution in [3.8, 4) is 0 Å². The third-order valence-corrected chi connectivity index (χ3v) is 1.80. The number of hydrogen-bond acceptors (Lipinski definition) is 3. The van der Waals surface area contributed by atoms with Gasteiger partial charge in [0.1, 0.15) is 6.04 Å². The van der Waals surface area contributed by atoms with Crippen molar-refractivity contribution in [3.05, 3.63) is 11.4 Å². The van der Waals surface area contributed by atoms with E-state index in [4.69, 9.17) is 4.74 Å². The largest absolute Gasteiger partial charge is 0.495 e. The van der Waals surface area contributed by atoms with Gasteiger partial charge < -0.3 is 9.84 Å². The van der Waals surface area contributed by atoms with Crippen LogP contribution < -0.4 is 5.32 Å². The van der Waals surface area contributed by atoms with Crippen LogP contribution in [-0.4, -0.2) is 29.6 Å². The van der Waals surface area contributed by atoms with Crippen LogP contribution in [0.1, 0.15) is 20.8 Å². The van der Waals surface area contributed by atoms with Crippen LogP contribution in [0.15, 0.2) is 16.4 Å². The predicted octanol–water partition coefficient (Wildman–Crippen LogP) is 0.744. The Morgan fingerprint density at radius 2 is 2.29 bits per heavy atom. The van der Waals surface area contributed by atoms with Crippen LogP contribution in [0.4, 0.5) is 0 Å². The van der Waals surface area contributed by atoms with E-state index in [0.29, 0.717) is 5.70 Å². The number of nitrogens with zero attached hydrogens (tertiary/aromatic N) is 2. The Bertz CT molecular complexity index is 307. The average Bonchev–Trinajstić information content (AvgIpc) is 2.11. The fourth-order valence-electron chi connectivity index (χ4n) is 1.09. The maximum Gasteiger partial charge on any atom is 0.358 e. The van der Waals surface area contributed by atoms with Crippen molar-refractivity contribution < 1.29 is 14.6 Å². The summed E-state index contributed by atoms with van der Waals surface area (Å²) in [5, 5.41) is 13.3. The molecule has 0 amide bonds. The smallest absolute Gasteiger partial charge is 0.358 e. The molecule has 1 heterocycles. The fourth-order valence-corrected chi connectivity index (χ4v) is 1.09. The number of aliphatic hydroxyl groups excluding tert-OH is 1. The van der Waals surface area contributed by atoms with E-state index in [1.54, 1.807) is 20.8 Å². The summed E-state index contributed by atoms with van der Waals surface area (Å²) in [6.07, 6.45) is 0. The van der Waals surface area contributed by atoms with Gasteiger partial charge in [0, 0.05) is 0 Å². The van der Waals surface area contributed by atoms with E-state index >= 15 is 0 Å². The van der Waals surface area contributed by atoms with Crippen LogP contribution in [0, 0.1) is 0 Å². The van der Waals surface area contributed by atoms with E-state index in [9.17, 15) is 9.90 Å². The molecule has 0 saturated carbocycles. The lowest BCUT2D eigenvalue weighted by Crippen LogP contribution is -2.32. The number of aliphatic imine (C=N–C) groups is 1. The molecule has 0 spiro atoms. The predicted molar refractivity (Wildman–Crippen MR) is 51.0 cm³/mol. The Morgan fingerprint density at radius 3 is 2.86 bits per heavy atom. The third kappa shape index (κ3) is 2.04. The zero-order chi connectivity index (χ0) is 10.7. The highest BCUT2D eigenvalue weighted by atomic mass is 16.5. The third-order valence-electron chi connectivity index (χ3n) is 1.80. The first-order valence-corrected chi connectivity index (χ1v) is 4.42. The maximum atomic E-state index is 11.3. The number of hydrogen-bond donors (Lipinski definition) is 1. The number of carbonyl (C=O) groups excluding carboxylic acids is 1. The quantitative estimate of drug-likeness (QED) is 0.663. The lowest BCUT2D eigenvalue weighted by Gasteiger charge is -2.17. The summed E-state index contributed by atoms with van der Waals surface area (Å²) in [6, 6.07) is -0.381. The Kier molecular flexibility index (Phi) is 3.11. The van der Waals surface area contributed by atoms with Gasteiger partial charge in [-0.3, -0.25) is 5.32 Å². The molecule has 77 valence electrons. The Labute approximate surface area is 82.5 Å². The minimum Gasteiger partial charge on any atom is -0.495 e. The molecule has 0 aromatic carbocycles. The topological polar surface area (TPSA) is 73.0 Å². The van der Waals surface area contributed by atoms with E-state index in [2.05, 4.69) is 10.3 Å². The second-order valence-electron chi connectivity index (χ2n) is 2.93. The lowest BCUT2D eigenvalue weighted by molar-refractivity contribution is -0.138. The van der Waals surface area contributed by atoms with Gasteiger partial charge in [-0.25, -0.2) is 9.79 Å². The molecule has 0 bridgehead atoms. The van der Waals surface area contributed by atoms with Crippen LogP contribution in [0.5, 0.6) is 0 Å². The molecule has 0 aliphatic carbocycles. The standard InChI is InChI=1S/C9H13N2O3/c1-4-14-9(13)7-5(2)10-6(3)8(12)11-7/h6H,4H2,1-3H3,(H,11,12). The van der Waals surface area contributed by atoms with Gasteiger partial charge in [0.15, 0.2) is 5.70 Å². The number of carbonyl (C=O) groups is 1. The van der Waals surface area contributed by atoms with Crippen molar-refractivity contribution in [1.29, 1.82) is 0 Å². The summed E-state index contributed by atoms with van der Waals surface area (Å²) < 4.78 is 4.76. The van der Waals surface area contributed by atoms with E-state index in [0.717, 1.165) is 0 Å². The number of esters is 1. The van der Waals surface area contributed by atoms with E-state index in [1.165, 1.54) is 0 Å². The zero-order valence-electron chi connectivity index (χ0n) is 8.44. The van der Waals surface area contributed by atoms with Crippen molar-refractivity contribution in [3.63, 3.8) is 0 Å². The van der Waals surface area contributed by atoms with E-state index < -0.39 is 5.97 Å². The molecule has 0 aromatic heterocycles. The van der Waals surface area contributed by atoms with Gasteiger partial charge in [-0.2, -0.15) is 0 Å². The highest BCUT2D eigenvalue weighted by Crippen LogP contribution is 2.14. The molecule has 1 unspecified atom stereocenters. The number of aliphatic hydroxyl groups is 1. The number of allylic oxidation sites excluding steroid dienone is 1. The van der Waals surface area contributed by atoms with Crippen molar-refractivity contribution in [2.75, 3.05) is 6.61 Å². The fraction of sp³-hybridized carbons (Fsp3) is 0.556. The van der Waals surface area contributed by atoms with Crippen LogP contribution >= 0.6 is 0 Å². The van der Waals surface area contributed by atoms with Crippen LogP contribution in [-0.2, 0) is 9.53 Å². The van der Waals surface area contributed by atoms with E-state index in [-0.39, 0.29) is 24.2 Å². The first kappa shape index (κ1) is 10.6. The van der Waals surface area contributed by atoms with E-state index in [1.807, 2.05) is 0 Å². The van der Waals surface area contributed by atoms with Gasteiger partial charge in [-0.15, -0.1) is 0 Å². The molecule has 1 atom stereocenters. The second-order valence-corrected chi connectivity index (χ2v) is 2.93. The molecule has 0 saturated heterocycles. The Balaban J connectivity index is 2.88. The average molecular weight is 197 g/mol. The molecule has 0 fully saturated rings. The SMILES string of the molecule is CCOC(=O)C1=C(C)[N]C(C)C(O)=N1. The monoisotopic (exact) mass is 197 g/mol. The molecule has 0 aromatic rings.